The van der Waals surface area contributed by atoms with Gasteiger partial charge in [-0.3, -0.25) is 9.59 Å². The molecule has 3 rings (SSSR count). The highest BCUT2D eigenvalue weighted by molar-refractivity contribution is 7.94. The number of ether oxygens (including phenoxy) is 1. The fourth-order valence-corrected chi connectivity index (χ4v) is 6.87. The Kier molecular flexibility index (Phi) is 5.62. The second kappa shape index (κ2) is 7.58. The third-order valence-electron chi connectivity index (χ3n) is 5.04. The Morgan fingerprint density at radius 3 is 2.28 bits per heavy atom. The standard InChI is InChI=1S/C17H23N3O7S2/c1-12-11-28(23,24)20(17(12)22)14-4-5-15(27-3)16(10-14)29(25,26)19-8-6-18(7-9-19)13(2)21/h4-5,10,12H,6-9,11H2,1-3H3/t12-/m0/s1. The van der Waals surface area contributed by atoms with E-state index in [1.54, 1.807) is 4.90 Å². The van der Waals surface area contributed by atoms with E-state index in [4.69, 9.17) is 4.74 Å². The van der Waals surface area contributed by atoms with Gasteiger partial charge in [-0.05, 0) is 18.2 Å². The minimum atomic E-state index is -4.04. The molecule has 29 heavy (non-hydrogen) atoms. The van der Waals surface area contributed by atoms with Crippen LogP contribution in [-0.4, -0.2) is 76.9 Å². The van der Waals surface area contributed by atoms with Crippen molar-refractivity contribution in [2.45, 2.75) is 18.7 Å². The highest BCUT2D eigenvalue weighted by Gasteiger charge is 2.43. The molecular formula is C17H23N3O7S2. The van der Waals surface area contributed by atoms with Crippen LogP contribution in [0.3, 0.4) is 0 Å². The van der Waals surface area contributed by atoms with Crippen molar-refractivity contribution in [3.8, 4) is 5.75 Å². The predicted molar refractivity (Wildman–Crippen MR) is 104 cm³/mol. The second-order valence-electron chi connectivity index (χ2n) is 7.03. The predicted octanol–water partition coefficient (Wildman–Crippen LogP) is -0.139. The molecule has 0 spiro atoms. The summed E-state index contributed by atoms with van der Waals surface area (Å²) in [7, 11) is -6.60. The van der Waals surface area contributed by atoms with E-state index in [0.717, 1.165) is 6.07 Å². The molecule has 1 aromatic rings. The monoisotopic (exact) mass is 445 g/mol. The van der Waals surface area contributed by atoms with Crippen molar-refractivity contribution in [3.63, 3.8) is 0 Å². The summed E-state index contributed by atoms with van der Waals surface area (Å²) in [4.78, 5) is 25.2. The van der Waals surface area contributed by atoms with Gasteiger partial charge in [-0.2, -0.15) is 4.31 Å². The number of sulfonamides is 2. The summed E-state index contributed by atoms with van der Waals surface area (Å²) in [6, 6.07) is 3.83. The van der Waals surface area contributed by atoms with Crippen molar-refractivity contribution in [1.29, 1.82) is 0 Å². The Morgan fingerprint density at radius 1 is 1.17 bits per heavy atom. The van der Waals surface area contributed by atoms with Gasteiger partial charge in [-0.25, -0.2) is 21.1 Å². The maximum absolute atomic E-state index is 13.2. The summed E-state index contributed by atoms with van der Waals surface area (Å²) >= 11 is 0. The number of rotatable bonds is 4. The average molecular weight is 446 g/mol. The van der Waals surface area contributed by atoms with Crippen LogP contribution in [0.15, 0.2) is 23.1 Å². The molecule has 1 aromatic carbocycles. The maximum atomic E-state index is 13.2. The van der Waals surface area contributed by atoms with Gasteiger partial charge in [0.05, 0.1) is 24.5 Å². The molecule has 0 aliphatic carbocycles. The van der Waals surface area contributed by atoms with Gasteiger partial charge < -0.3 is 9.64 Å². The number of benzene rings is 1. The lowest BCUT2D eigenvalue weighted by Gasteiger charge is -2.33. The zero-order valence-corrected chi connectivity index (χ0v) is 18.0. The molecule has 12 heteroatoms. The molecular weight excluding hydrogens is 422 g/mol. The van der Waals surface area contributed by atoms with E-state index >= 15 is 0 Å². The molecule has 10 nitrogen and oxygen atoms in total. The number of piperazine rings is 1. The van der Waals surface area contributed by atoms with Gasteiger partial charge in [0, 0.05) is 33.1 Å². The molecule has 2 fully saturated rings. The van der Waals surface area contributed by atoms with Crippen molar-refractivity contribution < 1.29 is 31.2 Å². The number of hydrogen-bond donors (Lipinski definition) is 0. The Labute approximate surface area is 170 Å². The fraction of sp³-hybridized carbons (Fsp3) is 0.529. The quantitative estimate of drug-likeness (QED) is 0.632. The number of hydrogen-bond acceptors (Lipinski definition) is 7. The van der Waals surface area contributed by atoms with Gasteiger partial charge >= 0.3 is 0 Å². The van der Waals surface area contributed by atoms with Crippen LogP contribution in [0.2, 0.25) is 0 Å². The second-order valence-corrected chi connectivity index (χ2v) is 10.8. The number of carbonyl (C=O) groups excluding carboxylic acids is 2. The number of methoxy groups -OCH3 is 1. The van der Waals surface area contributed by atoms with Crippen LogP contribution in [0, 0.1) is 5.92 Å². The molecule has 2 amide bonds. The smallest absolute Gasteiger partial charge is 0.246 e. The van der Waals surface area contributed by atoms with Gasteiger partial charge in [0.1, 0.15) is 10.6 Å². The van der Waals surface area contributed by atoms with E-state index in [1.807, 2.05) is 0 Å². The van der Waals surface area contributed by atoms with E-state index in [-0.39, 0.29) is 54.2 Å². The summed E-state index contributed by atoms with van der Waals surface area (Å²) < 4.78 is 58.2. The Hall–Kier alpha value is -2.18. The molecule has 0 saturated carbocycles. The van der Waals surface area contributed by atoms with E-state index in [2.05, 4.69) is 0 Å². The van der Waals surface area contributed by atoms with E-state index in [0.29, 0.717) is 4.31 Å². The van der Waals surface area contributed by atoms with Crippen molar-refractivity contribution in [1.82, 2.24) is 9.21 Å². The van der Waals surface area contributed by atoms with Crippen LogP contribution < -0.4 is 9.04 Å². The minimum absolute atomic E-state index is 0.0407. The molecule has 2 aliphatic heterocycles. The zero-order chi connectivity index (χ0) is 21.6. The first-order valence-electron chi connectivity index (χ1n) is 8.99. The maximum Gasteiger partial charge on any atom is 0.246 e. The number of anilines is 1. The highest BCUT2D eigenvalue weighted by atomic mass is 32.2. The van der Waals surface area contributed by atoms with E-state index in [9.17, 15) is 26.4 Å². The van der Waals surface area contributed by atoms with Gasteiger partial charge in [-0.1, -0.05) is 6.92 Å². The average Bonchev–Trinajstić information content (AvgIpc) is 2.88. The summed E-state index contributed by atoms with van der Waals surface area (Å²) in [5.41, 5.74) is -0.0407. The van der Waals surface area contributed by atoms with Crippen LogP contribution in [0.1, 0.15) is 13.8 Å². The first-order chi connectivity index (χ1) is 13.5. The number of amides is 2. The van der Waals surface area contributed by atoms with Crippen LogP contribution in [0.4, 0.5) is 5.69 Å². The molecule has 160 valence electrons. The lowest BCUT2D eigenvalue weighted by molar-refractivity contribution is -0.130. The van der Waals surface area contributed by atoms with Crippen molar-refractivity contribution in [2.24, 2.45) is 5.92 Å². The summed E-state index contributed by atoms with van der Waals surface area (Å²) in [5, 5.41) is 0. The number of nitrogens with zero attached hydrogens (tertiary/aromatic N) is 3. The Balaban J connectivity index is 2.00. The molecule has 0 radical (unpaired) electrons. The van der Waals surface area contributed by atoms with Crippen LogP contribution >= 0.6 is 0 Å². The van der Waals surface area contributed by atoms with Crippen LogP contribution in [0.25, 0.3) is 0 Å². The lowest BCUT2D eigenvalue weighted by atomic mass is 10.2. The summed E-state index contributed by atoms with van der Waals surface area (Å²) in [5.74, 6) is -1.73. The van der Waals surface area contributed by atoms with Crippen molar-refractivity contribution >= 4 is 37.5 Å². The van der Waals surface area contributed by atoms with Gasteiger partial charge in [-0.15, -0.1) is 0 Å². The fourth-order valence-electron chi connectivity index (χ4n) is 3.46. The molecule has 2 aliphatic rings. The third-order valence-corrected chi connectivity index (χ3v) is 8.83. The first kappa shape index (κ1) is 21.5. The normalized spacial score (nSPS) is 22.7. The van der Waals surface area contributed by atoms with E-state index < -0.39 is 31.9 Å². The zero-order valence-electron chi connectivity index (χ0n) is 16.4. The Bertz CT molecular complexity index is 1040. The SMILES string of the molecule is COc1ccc(N2C(=O)[C@@H](C)CS2(=O)=O)cc1S(=O)(=O)N1CCN(C(C)=O)CC1. The largest absolute Gasteiger partial charge is 0.495 e. The summed E-state index contributed by atoms with van der Waals surface area (Å²) in [6.45, 7) is 3.65. The summed E-state index contributed by atoms with van der Waals surface area (Å²) in [6.07, 6.45) is 0. The third kappa shape index (κ3) is 3.83. The molecule has 0 unspecified atom stereocenters. The lowest BCUT2D eigenvalue weighted by Crippen LogP contribution is -2.50. The minimum Gasteiger partial charge on any atom is -0.495 e. The molecule has 0 aromatic heterocycles. The van der Waals surface area contributed by atoms with Gasteiger partial charge in [0.2, 0.25) is 31.9 Å². The molecule has 0 bridgehead atoms. The Morgan fingerprint density at radius 2 is 1.79 bits per heavy atom. The molecule has 1 atom stereocenters. The van der Waals surface area contributed by atoms with Crippen LogP contribution in [0.5, 0.6) is 5.75 Å². The topological polar surface area (TPSA) is 121 Å². The highest BCUT2D eigenvalue weighted by Crippen LogP contribution is 2.35. The molecule has 2 saturated heterocycles. The van der Waals surface area contributed by atoms with Crippen molar-refractivity contribution in [3.05, 3.63) is 18.2 Å². The van der Waals surface area contributed by atoms with E-state index in [1.165, 1.54) is 37.4 Å². The first-order valence-corrected chi connectivity index (χ1v) is 12.0. The van der Waals surface area contributed by atoms with Gasteiger partial charge in [0.15, 0.2) is 0 Å². The van der Waals surface area contributed by atoms with Gasteiger partial charge in [0.25, 0.3) is 0 Å². The molecule has 2 heterocycles. The number of carbonyl (C=O) groups is 2. The van der Waals surface area contributed by atoms with Crippen molar-refractivity contribution in [2.75, 3.05) is 43.3 Å². The molecule has 0 N–H and O–H groups in total. The van der Waals surface area contributed by atoms with Crippen LogP contribution in [-0.2, 0) is 29.6 Å².